The van der Waals surface area contributed by atoms with Gasteiger partial charge in [-0.1, -0.05) is 12.1 Å². The predicted octanol–water partition coefficient (Wildman–Crippen LogP) is 2.47. The molecule has 1 aromatic rings. The van der Waals surface area contributed by atoms with Crippen LogP contribution in [0.1, 0.15) is 23.2 Å². The highest BCUT2D eigenvalue weighted by atomic mass is 32.2. The fraction of sp³-hybridized carbons (Fsp3) is 0.500. The zero-order chi connectivity index (χ0) is 13.7. The number of hydrogen-bond donors (Lipinski definition) is 1. The lowest BCUT2D eigenvalue weighted by atomic mass is 9.99. The van der Waals surface area contributed by atoms with Gasteiger partial charge in [-0.2, -0.15) is 11.8 Å². The van der Waals surface area contributed by atoms with Crippen LogP contribution in [0.3, 0.4) is 0 Å². The van der Waals surface area contributed by atoms with Gasteiger partial charge >= 0.3 is 0 Å². The largest absolute Gasteiger partial charge is 0.381 e. The van der Waals surface area contributed by atoms with Gasteiger partial charge in [-0.05, 0) is 31.2 Å². The maximum Gasteiger partial charge on any atom is 0.254 e. The van der Waals surface area contributed by atoms with Gasteiger partial charge in [-0.3, -0.25) is 4.79 Å². The van der Waals surface area contributed by atoms with Crippen LogP contribution in [0.2, 0.25) is 0 Å². The summed E-state index contributed by atoms with van der Waals surface area (Å²) in [6.45, 7) is 1.98. The Balaban J connectivity index is 1.98. The number of nitrogens with one attached hydrogen (secondary N) is 1. The van der Waals surface area contributed by atoms with Crippen molar-refractivity contribution in [1.82, 2.24) is 5.32 Å². The fourth-order valence-electron chi connectivity index (χ4n) is 2.18. The van der Waals surface area contributed by atoms with Crippen LogP contribution in [0.4, 0.5) is 4.39 Å². The minimum Gasteiger partial charge on any atom is -0.381 e. The quantitative estimate of drug-likeness (QED) is 0.922. The first-order chi connectivity index (χ1) is 9.17. The molecule has 0 saturated carbocycles. The molecule has 0 bridgehead atoms. The lowest BCUT2D eigenvalue weighted by Crippen LogP contribution is -2.44. The monoisotopic (exact) mass is 283 g/mol. The van der Waals surface area contributed by atoms with Crippen molar-refractivity contribution in [2.45, 2.75) is 17.6 Å². The van der Waals surface area contributed by atoms with Gasteiger partial charge in [0.15, 0.2) is 0 Å². The smallest absolute Gasteiger partial charge is 0.254 e. The number of amides is 1. The van der Waals surface area contributed by atoms with E-state index in [2.05, 4.69) is 5.32 Å². The summed E-state index contributed by atoms with van der Waals surface area (Å²) in [5.74, 6) is -0.830. The Bertz CT molecular complexity index is 447. The standard InChI is InChI=1S/C14H18FNO2S/c1-19-14(6-8-18-9-7-14)10-16-13(17)11-4-2-3-5-12(11)15/h2-5H,6-10H2,1H3,(H,16,17). The summed E-state index contributed by atoms with van der Waals surface area (Å²) in [6.07, 6.45) is 3.86. The van der Waals surface area contributed by atoms with Crippen LogP contribution in [-0.4, -0.2) is 36.7 Å². The zero-order valence-corrected chi connectivity index (χ0v) is 11.8. The second kappa shape index (κ2) is 6.39. The van der Waals surface area contributed by atoms with Gasteiger partial charge in [0.1, 0.15) is 5.82 Å². The first kappa shape index (κ1) is 14.3. The molecule has 19 heavy (non-hydrogen) atoms. The summed E-state index contributed by atoms with van der Waals surface area (Å²) in [5.41, 5.74) is 0.103. The van der Waals surface area contributed by atoms with Gasteiger partial charge in [-0.25, -0.2) is 4.39 Å². The van der Waals surface area contributed by atoms with Gasteiger partial charge in [0.25, 0.3) is 5.91 Å². The number of benzene rings is 1. The van der Waals surface area contributed by atoms with Crippen molar-refractivity contribution in [3.63, 3.8) is 0 Å². The van der Waals surface area contributed by atoms with Crippen molar-refractivity contribution in [2.24, 2.45) is 0 Å². The van der Waals surface area contributed by atoms with Crippen LogP contribution in [0.15, 0.2) is 24.3 Å². The molecule has 0 spiro atoms. The molecule has 2 rings (SSSR count). The van der Waals surface area contributed by atoms with E-state index in [0.29, 0.717) is 6.54 Å². The fourth-order valence-corrected chi connectivity index (χ4v) is 2.97. The summed E-state index contributed by atoms with van der Waals surface area (Å²) >= 11 is 1.75. The molecule has 1 fully saturated rings. The van der Waals surface area contributed by atoms with Crippen molar-refractivity contribution in [3.8, 4) is 0 Å². The van der Waals surface area contributed by atoms with Crippen LogP contribution >= 0.6 is 11.8 Å². The number of halogens is 1. The number of carbonyl (C=O) groups is 1. The van der Waals surface area contributed by atoms with Gasteiger partial charge < -0.3 is 10.1 Å². The van der Waals surface area contributed by atoms with Crippen molar-refractivity contribution < 1.29 is 13.9 Å². The van der Waals surface area contributed by atoms with E-state index in [0.717, 1.165) is 26.1 Å². The van der Waals surface area contributed by atoms with Crippen LogP contribution < -0.4 is 5.32 Å². The summed E-state index contributed by atoms with van der Waals surface area (Å²) in [4.78, 5) is 12.0. The summed E-state index contributed by atoms with van der Waals surface area (Å²) in [6, 6.07) is 6.04. The Kier molecular flexibility index (Phi) is 4.82. The van der Waals surface area contributed by atoms with Gasteiger partial charge in [0.05, 0.1) is 5.56 Å². The molecule has 0 aliphatic carbocycles. The molecule has 1 amide bonds. The predicted molar refractivity (Wildman–Crippen MR) is 75.0 cm³/mol. The molecule has 0 radical (unpaired) electrons. The molecule has 1 N–H and O–H groups in total. The Labute approximate surface area is 116 Å². The lowest BCUT2D eigenvalue weighted by molar-refractivity contribution is 0.0741. The average Bonchev–Trinajstić information content (AvgIpc) is 2.46. The highest BCUT2D eigenvalue weighted by molar-refractivity contribution is 8.00. The summed E-state index contributed by atoms with van der Waals surface area (Å²) < 4.78 is 18.9. The number of carbonyl (C=O) groups excluding carboxylic acids is 1. The first-order valence-electron chi connectivity index (χ1n) is 6.32. The van der Waals surface area contributed by atoms with Crippen LogP contribution in [0.25, 0.3) is 0 Å². The Morgan fingerprint density at radius 1 is 1.42 bits per heavy atom. The minimum atomic E-state index is -0.481. The van der Waals surface area contributed by atoms with Crippen LogP contribution in [-0.2, 0) is 4.74 Å². The van der Waals surface area contributed by atoms with E-state index in [9.17, 15) is 9.18 Å². The van der Waals surface area contributed by atoms with Crippen molar-refractivity contribution in [2.75, 3.05) is 26.0 Å². The topological polar surface area (TPSA) is 38.3 Å². The summed E-state index contributed by atoms with van der Waals surface area (Å²) in [7, 11) is 0. The van der Waals surface area contributed by atoms with E-state index in [1.807, 2.05) is 6.26 Å². The number of ether oxygens (including phenoxy) is 1. The van der Waals surface area contributed by atoms with Crippen LogP contribution in [0.5, 0.6) is 0 Å². The minimum absolute atomic E-state index is 0.0131. The maximum atomic E-state index is 13.5. The molecule has 1 aliphatic rings. The van der Waals surface area contributed by atoms with Crippen molar-refractivity contribution in [1.29, 1.82) is 0 Å². The number of thioether (sulfide) groups is 1. The van der Waals surface area contributed by atoms with E-state index in [1.54, 1.807) is 23.9 Å². The molecule has 0 aromatic heterocycles. The highest BCUT2D eigenvalue weighted by Gasteiger charge is 2.32. The molecule has 3 nitrogen and oxygen atoms in total. The highest BCUT2D eigenvalue weighted by Crippen LogP contribution is 2.33. The number of rotatable bonds is 4. The van der Waals surface area contributed by atoms with E-state index < -0.39 is 5.82 Å². The molecule has 5 heteroatoms. The van der Waals surface area contributed by atoms with Gasteiger partial charge in [0, 0.05) is 24.5 Å². The third-order valence-electron chi connectivity index (χ3n) is 3.53. The van der Waals surface area contributed by atoms with E-state index in [-0.39, 0.29) is 16.2 Å². The second-order valence-electron chi connectivity index (χ2n) is 4.66. The first-order valence-corrected chi connectivity index (χ1v) is 7.55. The molecule has 104 valence electrons. The van der Waals surface area contributed by atoms with Gasteiger partial charge in [-0.15, -0.1) is 0 Å². The van der Waals surface area contributed by atoms with E-state index >= 15 is 0 Å². The molecular weight excluding hydrogens is 265 g/mol. The molecule has 1 heterocycles. The second-order valence-corrected chi connectivity index (χ2v) is 5.94. The number of hydrogen-bond acceptors (Lipinski definition) is 3. The third kappa shape index (κ3) is 3.48. The third-order valence-corrected chi connectivity index (χ3v) is 4.95. The normalized spacial score (nSPS) is 18.0. The van der Waals surface area contributed by atoms with Crippen molar-refractivity contribution in [3.05, 3.63) is 35.6 Å². The average molecular weight is 283 g/mol. The van der Waals surface area contributed by atoms with Crippen LogP contribution in [0, 0.1) is 5.82 Å². The van der Waals surface area contributed by atoms with E-state index in [1.165, 1.54) is 12.1 Å². The Hall–Kier alpha value is -1.07. The SMILES string of the molecule is CSC1(CNC(=O)c2ccccc2F)CCOCC1. The molecule has 0 atom stereocenters. The Morgan fingerprint density at radius 2 is 2.11 bits per heavy atom. The lowest BCUT2D eigenvalue weighted by Gasteiger charge is -2.35. The summed E-state index contributed by atoms with van der Waals surface area (Å²) in [5, 5.41) is 2.85. The molecule has 1 aliphatic heterocycles. The zero-order valence-electron chi connectivity index (χ0n) is 10.9. The molecule has 1 saturated heterocycles. The Morgan fingerprint density at radius 3 is 2.74 bits per heavy atom. The van der Waals surface area contributed by atoms with Crippen molar-refractivity contribution >= 4 is 17.7 Å². The molecule has 1 aromatic carbocycles. The molecular formula is C14H18FNO2S. The van der Waals surface area contributed by atoms with Gasteiger partial charge in [0.2, 0.25) is 0 Å². The van der Waals surface area contributed by atoms with E-state index in [4.69, 9.17) is 4.74 Å². The maximum absolute atomic E-state index is 13.5. The molecule has 0 unspecified atom stereocenters.